The normalized spacial score (nSPS) is 15.7. The summed E-state index contributed by atoms with van der Waals surface area (Å²) < 4.78 is 122. The van der Waals surface area contributed by atoms with E-state index >= 15 is 0 Å². The van der Waals surface area contributed by atoms with Gasteiger partial charge in [0.1, 0.15) is 11.2 Å². The van der Waals surface area contributed by atoms with Gasteiger partial charge in [-0.1, -0.05) is 125 Å². The molecule has 0 bridgehead atoms. The third-order valence-electron chi connectivity index (χ3n) is 11.3. The van der Waals surface area contributed by atoms with Crippen molar-refractivity contribution in [2.24, 2.45) is 0 Å². The molecule has 9 rings (SSSR count). The first-order chi connectivity index (χ1) is 35.7. The minimum absolute atomic E-state index is 0.103. The Morgan fingerprint density at radius 1 is 0.516 bits per heavy atom. The molecule has 5 heteroatoms. The van der Waals surface area contributed by atoms with Crippen molar-refractivity contribution in [3.05, 3.63) is 208 Å². The molecule has 0 radical (unpaired) electrons. The predicted octanol–water partition coefficient (Wildman–Crippen LogP) is 14.6. The van der Waals surface area contributed by atoms with Gasteiger partial charge in [-0.2, -0.15) is 5.26 Å². The summed E-state index contributed by atoms with van der Waals surface area (Å²) in [6, 6.07) is 39.0. The summed E-state index contributed by atoms with van der Waals surface area (Å²) in [5.74, 6) is -0.664. The minimum Gasteiger partial charge on any atom is -0.455 e. The van der Waals surface area contributed by atoms with Crippen LogP contribution in [-0.4, -0.2) is 15.0 Å². The molecule has 0 fully saturated rings. The van der Waals surface area contributed by atoms with E-state index in [4.69, 9.17) is 4.42 Å². The number of furan rings is 1. The van der Waals surface area contributed by atoms with Crippen LogP contribution < -0.4 is 0 Å². The van der Waals surface area contributed by atoms with Gasteiger partial charge in [-0.05, 0) is 138 Å². The van der Waals surface area contributed by atoms with E-state index in [1.165, 1.54) is 30.7 Å². The van der Waals surface area contributed by atoms with E-state index in [9.17, 15) is 21.7 Å². The number of nitriles is 1. The SMILES string of the molecule is [2H]C([2H])(c1ccc(-c2cccc3c2oc2c(C)c(C#N)ccc23)nc1)C([2H])([2H])c1cc(C([2H])([2H])C([2H])([2H])c2cnc(-c3ccccc3)cc2C(C)C)cc(C([2H])([2H])C([2H])([2H])c2cnc(-c3ccccc3)cc2C(C)C)c1. The van der Waals surface area contributed by atoms with E-state index in [2.05, 4.69) is 21.0 Å². The highest BCUT2D eigenvalue weighted by Gasteiger charge is 2.17. The van der Waals surface area contributed by atoms with Crippen LogP contribution in [0.1, 0.15) is 112 Å². The number of hydrogen-bond acceptors (Lipinski definition) is 5. The Labute approximate surface area is 394 Å². The summed E-state index contributed by atoms with van der Waals surface area (Å²) in [7, 11) is 0. The van der Waals surface area contributed by atoms with Crippen LogP contribution in [0, 0.1) is 18.3 Å². The molecule has 316 valence electrons. The van der Waals surface area contributed by atoms with Gasteiger partial charge in [0, 0.05) is 68.1 Å². The third-order valence-corrected chi connectivity index (χ3v) is 11.3. The molecule has 0 saturated carbocycles. The summed E-state index contributed by atoms with van der Waals surface area (Å²) in [5, 5.41) is 11.2. The fourth-order valence-corrected chi connectivity index (χ4v) is 7.85. The van der Waals surface area contributed by atoms with Gasteiger partial charge in [-0.3, -0.25) is 15.0 Å². The second kappa shape index (κ2) is 18.7. The lowest BCUT2D eigenvalue weighted by Crippen LogP contribution is -2.04. The molecular formula is C59H54N4O. The van der Waals surface area contributed by atoms with Crippen molar-refractivity contribution in [3.8, 4) is 39.8 Å². The molecular weight excluding hydrogens is 781 g/mol. The first-order valence-electron chi connectivity index (χ1n) is 27.4. The third kappa shape index (κ3) is 9.01. The van der Waals surface area contributed by atoms with Crippen LogP contribution in [0.2, 0.25) is 0 Å². The van der Waals surface area contributed by atoms with Gasteiger partial charge in [0.25, 0.3) is 0 Å². The van der Waals surface area contributed by atoms with E-state index in [-0.39, 0.29) is 28.5 Å². The average molecular weight is 847 g/mol. The lowest BCUT2D eigenvalue weighted by atomic mass is 9.90. The fraction of sp³-hybridized carbons (Fsp3) is 0.220. The zero-order chi connectivity index (χ0) is 54.9. The van der Waals surface area contributed by atoms with Crippen molar-refractivity contribution in [1.29, 1.82) is 5.26 Å². The van der Waals surface area contributed by atoms with Crippen LogP contribution >= 0.6 is 0 Å². The molecule has 0 N–H and O–H groups in total. The maximum atomic E-state index is 9.72. The number of nitrogens with zero attached hydrogens (tertiary/aromatic N) is 4. The van der Waals surface area contributed by atoms with Crippen molar-refractivity contribution in [3.63, 3.8) is 0 Å². The fourth-order valence-electron chi connectivity index (χ4n) is 7.85. The molecule has 0 amide bonds. The first-order valence-corrected chi connectivity index (χ1v) is 21.4. The summed E-state index contributed by atoms with van der Waals surface area (Å²) in [5.41, 5.74) is 4.44. The Bertz CT molecular complexity index is 3560. The molecule has 5 nitrogen and oxygen atoms in total. The standard InChI is InChI=1S/C59H54N4O/c1-38(2)53-32-56(45-13-8-6-9-14-45)62-36-48(53)24-21-43-29-42(30-44(31-43)22-25-49-37-63-57(33-54(49)39(3)4)46-15-10-7-11-16-46)20-19-41-23-28-55(61-35-41)52-18-12-17-50-51-27-26-47(34-60)40(5)58(51)64-59(50)52/h6-18,23,26-33,35-39H,19-22,24-25H2,1-5H3/i19D2,20D2,21D2,22D2,24D2,25D2. The smallest absolute Gasteiger partial charge is 0.144 e. The van der Waals surface area contributed by atoms with Crippen molar-refractivity contribution in [1.82, 2.24) is 15.0 Å². The number of hydrogen-bond donors (Lipinski definition) is 0. The van der Waals surface area contributed by atoms with Crippen LogP contribution in [0.25, 0.3) is 55.7 Å². The van der Waals surface area contributed by atoms with E-state index < -0.39 is 54.9 Å². The quantitative estimate of drug-likeness (QED) is 0.109. The van der Waals surface area contributed by atoms with Gasteiger partial charge in [0.15, 0.2) is 0 Å². The van der Waals surface area contributed by atoms with Gasteiger partial charge in [0.2, 0.25) is 0 Å². The van der Waals surface area contributed by atoms with Crippen molar-refractivity contribution in [2.45, 2.75) is 84.7 Å². The Hall–Kier alpha value is -7.16. The number of aryl methyl sites for hydroxylation is 7. The summed E-state index contributed by atoms with van der Waals surface area (Å²) in [6.45, 7) is 9.16. The van der Waals surface area contributed by atoms with E-state index in [0.717, 1.165) is 40.1 Å². The Kier molecular flexibility index (Phi) is 8.76. The summed E-state index contributed by atoms with van der Waals surface area (Å²) >= 11 is 0. The highest BCUT2D eigenvalue weighted by molar-refractivity contribution is 6.10. The molecule has 0 aliphatic heterocycles. The Balaban J connectivity index is 1.18. The largest absolute Gasteiger partial charge is 0.455 e. The molecule has 0 aliphatic rings. The second-order valence-corrected chi connectivity index (χ2v) is 16.3. The van der Waals surface area contributed by atoms with E-state index in [0.29, 0.717) is 56.1 Å². The lowest BCUT2D eigenvalue weighted by molar-refractivity contribution is 0.666. The summed E-state index contributed by atoms with van der Waals surface area (Å²) in [6.07, 6.45) is -14.5. The summed E-state index contributed by atoms with van der Waals surface area (Å²) in [4.78, 5) is 13.7. The zero-order valence-corrected chi connectivity index (χ0v) is 36.3. The van der Waals surface area contributed by atoms with Crippen LogP contribution in [0.5, 0.6) is 0 Å². The van der Waals surface area contributed by atoms with Crippen LogP contribution in [0.15, 0.2) is 156 Å². The predicted molar refractivity (Wildman–Crippen MR) is 263 cm³/mol. The maximum absolute atomic E-state index is 9.72. The van der Waals surface area contributed by atoms with Gasteiger partial charge >= 0.3 is 0 Å². The Morgan fingerprint density at radius 2 is 1.03 bits per heavy atom. The highest BCUT2D eigenvalue weighted by Crippen LogP contribution is 2.37. The molecule has 5 aromatic carbocycles. The van der Waals surface area contributed by atoms with E-state index in [1.807, 2.05) is 107 Å². The molecule has 0 atom stereocenters. The number of aromatic nitrogens is 3. The minimum atomic E-state index is -3.13. The number of pyridine rings is 3. The molecule has 0 aliphatic carbocycles. The van der Waals surface area contributed by atoms with Crippen molar-refractivity contribution >= 4 is 21.9 Å². The van der Waals surface area contributed by atoms with Crippen molar-refractivity contribution < 1.29 is 20.9 Å². The van der Waals surface area contributed by atoms with E-state index in [1.54, 1.807) is 31.2 Å². The number of fused-ring (bicyclic) bond motifs is 3. The monoisotopic (exact) mass is 847 g/mol. The zero-order valence-electron chi connectivity index (χ0n) is 48.3. The molecule has 4 aromatic heterocycles. The maximum Gasteiger partial charge on any atom is 0.144 e. The second-order valence-electron chi connectivity index (χ2n) is 16.3. The van der Waals surface area contributed by atoms with Gasteiger partial charge < -0.3 is 4.42 Å². The lowest BCUT2D eigenvalue weighted by Gasteiger charge is -2.16. The van der Waals surface area contributed by atoms with Gasteiger partial charge in [-0.15, -0.1) is 0 Å². The van der Waals surface area contributed by atoms with Crippen LogP contribution in [0.4, 0.5) is 0 Å². The first kappa shape index (κ1) is 30.0. The van der Waals surface area contributed by atoms with Crippen molar-refractivity contribution in [2.75, 3.05) is 0 Å². The average Bonchev–Trinajstić information content (AvgIpc) is 3.80. The highest BCUT2D eigenvalue weighted by atomic mass is 16.3. The van der Waals surface area contributed by atoms with Gasteiger partial charge in [0.05, 0.1) is 28.7 Å². The Morgan fingerprint density at radius 3 is 1.55 bits per heavy atom. The molecule has 0 saturated heterocycles. The molecule has 4 heterocycles. The van der Waals surface area contributed by atoms with Crippen LogP contribution in [0.3, 0.4) is 0 Å². The van der Waals surface area contributed by atoms with Crippen LogP contribution in [-0.2, 0) is 38.2 Å². The molecule has 64 heavy (non-hydrogen) atoms. The molecule has 0 spiro atoms. The molecule has 0 unspecified atom stereocenters. The number of para-hydroxylation sites is 1. The number of rotatable bonds is 14. The topological polar surface area (TPSA) is 75.6 Å². The van der Waals surface area contributed by atoms with Gasteiger partial charge in [-0.25, -0.2) is 0 Å². The molecule has 9 aromatic rings. The number of benzene rings is 5.